The summed E-state index contributed by atoms with van der Waals surface area (Å²) in [7, 11) is 1.58. The first kappa shape index (κ1) is 18.2. The van der Waals surface area contributed by atoms with Crippen LogP contribution in [0.25, 0.3) is 11.3 Å². The zero-order valence-corrected chi connectivity index (χ0v) is 16.5. The number of methoxy groups -OCH3 is 1. The van der Waals surface area contributed by atoms with E-state index < -0.39 is 6.17 Å². The summed E-state index contributed by atoms with van der Waals surface area (Å²) in [6.45, 7) is 1.51. The molecule has 0 spiro atoms. The summed E-state index contributed by atoms with van der Waals surface area (Å²) < 4.78 is 7.16. The summed E-state index contributed by atoms with van der Waals surface area (Å²) in [5.41, 5.74) is 2.21. The quantitative estimate of drug-likeness (QED) is 0.544. The van der Waals surface area contributed by atoms with Crippen LogP contribution in [0.4, 0.5) is 5.69 Å². The normalized spacial score (nSPS) is 15.0. The molecular formula is C20H19N4O3S+. The molecular weight excluding hydrogens is 376 g/mol. The van der Waals surface area contributed by atoms with Crippen molar-refractivity contribution in [3.05, 3.63) is 64.4 Å². The van der Waals surface area contributed by atoms with Crippen molar-refractivity contribution in [1.82, 2.24) is 10.1 Å². The molecule has 28 heavy (non-hydrogen) atoms. The summed E-state index contributed by atoms with van der Waals surface area (Å²) in [5, 5.41) is 5.10. The molecule has 7 nitrogen and oxygen atoms in total. The number of amides is 1. The molecule has 2 heterocycles. The maximum Gasteiger partial charge on any atom is 0.325 e. The lowest BCUT2D eigenvalue weighted by Crippen LogP contribution is -2.60. The third-order valence-corrected chi connectivity index (χ3v) is 5.28. The summed E-state index contributed by atoms with van der Waals surface area (Å²) >= 11 is 1.33. The van der Waals surface area contributed by atoms with Crippen LogP contribution >= 0.6 is 11.8 Å². The molecule has 1 aliphatic heterocycles. The first-order chi connectivity index (χ1) is 13.6. The number of rotatable bonds is 3. The fourth-order valence-corrected chi connectivity index (χ4v) is 3.93. The maximum atomic E-state index is 12.9. The molecule has 0 fully saturated rings. The molecule has 4 rings (SSSR count). The smallest absolute Gasteiger partial charge is 0.325 e. The van der Waals surface area contributed by atoms with E-state index in [4.69, 9.17) is 4.74 Å². The van der Waals surface area contributed by atoms with Gasteiger partial charge in [-0.3, -0.25) is 14.6 Å². The van der Waals surface area contributed by atoms with Gasteiger partial charge in [-0.15, -0.1) is 0 Å². The Morgan fingerprint density at radius 3 is 2.64 bits per heavy atom. The Morgan fingerprint density at radius 1 is 1.21 bits per heavy atom. The Morgan fingerprint density at radius 2 is 1.93 bits per heavy atom. The van der Waals surface area contributed by atoms with E-state index in [1.165, 1.54) is 18.7 Å². The minimum Gasteiger partial charge on any atom is -0.496 e. The number of aromatic nitrogens is 3. The summed E-state index contributed by atoms with van der Waals surface area (Å²) in [6, 6.07) is 14.8. The second-order valence-corrected chi connectivity index (χ2v) is 7.07. The minimum absolute atomic E-state index is 0.158. The summed E-state index contributed by atoms with van der Waals surface area (Å²) in [5.74, 6) is 0.457. The second-order valence-electron chi connectivity index (χ2n) is 6.28. The molecule has 1 aromatic heterocycles. The largest absolute Gasteiger partial charge is 0.496 e. The molecule has 0 radical (unpaired) electrons. The number of aromatic amines is 1. The predicted molar refractivity (Wildman–Crippen MR) is 107 cm³/mol. The Balaban J connectivity index is 2.12. The number of fused-ring (bicyclic) bond motifs is 3. The van der Waals surface area contributed by atoms with E-state index in [1.54, 1.807) is 16.7 Å². The van der Waals surface area contributed by atoms with Gasteiger partial charge in [-0.25, -0.2) is 4.90 Å². The molecule has 3 aromatic rings. The highest BCUT2D eigenvalue weighted by Crippen LogP contribution is 2.39. The van der Waals surface area contributed by atoms with Gasteiger partial charge in [0.05, 0.1) is 23.9 Å². The van der Waals surface area contributed by atoms with Gasteiger partial charge < -0.3 is 4.74 Å². The molecule has 142 valence electrons. The van der Waals surface area contributed by atoms with Gasteiger partial charge in [0, 0.05) is 12.0 Å². The fourth-order valence-electron chi connectivity index (χ4n) is 3.57. The van der Waals surface area contributed by atoms with Crippen molar-refractivity contribution in [1.29, 1.82) is 0 Å². The van der Waals surface area contributed by atoms with E-state index in [1.807, 2.05) is 54.8 Å². The van der Waals surface area contributed by atoms with Gasteiger partial charge in [0.2, 0.25) is 11.1 Å². The van der Waals surface area contributed by atoms with E-state index in [0.29, 0.717) is 27.9 Å². The number of nitrogens with zero attached hydrogens (tertiary/aromatic N) is 3. The van der Waals surface area contributed by atoms with Gasteiger partial charge in [-0.1, -0.05) is 36.0 Å². The zero-order chi connectivity index (χ0) is 19.8. The topological polar surface area (TPSA) is 79.2 Å². The third kappa shape index (κ3) is 2.77. The molecule has 0 bridgehead atoms. The SMILES string of the molecule is COc1ccccc1[C@@H]1N(C(C)=O)c2ccccc2-c2c(=O)[nH]c(SC)n[n+]21. The lowest BCUT2D eigenvalue weighted by molar-refractivity contribution is -0.763. The Bertz CT molecular complexity index is 1130. The van der Waals surface area contributed by atoms with Crippen LogP contribution in [0.3, 0.4) is 0 Å². The van der Waals surface area contributed by atoms with Crippen molar-refractivity contribution < 1.29 is 14.2 Å². The van der Waals surface area contributed by atoms with Crippen LogP contribution in [0.1, 0.15) is 18.7 Å². The molecule has 0 saturated heterocycles. The Hall–Kier alpha value is -3.13. The number of thioether (sulfide) groups is 1. The van der Waals surface area contributed by atoms with Gasteiger partial charge in [0.25, 0.3) is 6.17 Å². The highest BCUT2D eigenvalue weighted by molar-refractivity contribution is 7.98. The number of hydrogen-bond acceptors (Lipinski definition) is 5. The number of H-pyrrole nitrogens is 1. The van der Waals surface area contributed by atoms with Crippen LogP contribution in [-0.4, -0.2) is 29.4 Å². The number of benzene rings is 2. The molecule has 0 unspecified atom stereocenters. The van der Waals surface area contributed by atoms with Crippen molar-refractivity contribution in [3.63, 3.8) is 0 Å². The number of carbonyl (C=O) groups is 1. The molecule has 1 amide bonds. The predicted octanol–water partition coefficient (Wildman–Crippen LogP) is 2.37. The van der Waals surface area contributed by atoms with Crippen LogP contribution in [0.2, 0.25) is 0 Å². The van der Waals surface area contributed by atoms with Crippen LogP contribution in [-0.2, 0) is 4.79 Å². The second kappa shape index (κ2) is 7.12. The van der Waals surface area contributed by atoms with Crippen LogP contribution in [0.15, 0.2) is 58.5 Å². The number of hydrogen-bond donors (Lipinski definition) is 1. The molecule has 2 aromatic carbocycles. The number of para-hydroxylation sites is 2. The zero-order valence-electron chi connectivity index (χ0n) is 15.7. The van der Waals surface area contributed by atoms with Crippen molar-refractivity contribution in [2.24, 2.45) is 0 Å². The van der Waals surface area contributed by atoms with Crippen molar-refractivity contribution in [2.75, 3.05) is 18.3 Å². The van der Waals surface area contributed by atoms with Gasteiger partial charge in [0.15, 0.2) is 0 Å². The number of carbonyl (C=O) groups excluding carboxylic acids is 1. The first-order valence-corrected chi connectivity index (χ1v) is 9.91. The fraction of sp³-hybridized carbons (Fsp3) is 0.200. The third-order valence-electron chi connectivity index (χ3n) is 4.71. The molecule has 8 heteroatoms. The van der Waals surface area contributed by atoms with E-state index in [0.717, 1.165) is 5.56 Å². The molecule has 0 saturated carbocycles. The standard InChI is InChI=1S/C20H18N4O3S/c1-12(25)23-15-10-6-4-8-13(15)17-18(26)21-20(28-3)22-24(17)19(23)14-9-5-7-11-16(14)27-2/h4-11,19H,1-3H3/p+1/t19-/m1/s1. The molecule has 1 N–H and O–H groups in total. The monoisotopic (exact) mass is 395 g/mol. The Kier molecular flexibility index (Phi) is 4.64. The molecule has 1 atom stereocenters. The lowest BCUT2D eigenvalue weighted by Gasteiger charge is -2.31. The number of ether oxygens (including phenoxy) is 1. The van der Waals surface area contributed by atoms with Gasteiger partial charge >= 0.3 is 11.3 Å². The summed E-state index contributed by atoms with van der Waals surface area (Å²) in [6.07, 6.45) is 1.19. The number of nitrogens with one attached hydrogen (secondary N) is 1. The highest BCUT2D eigenvalue weighted by Gasteiger charge is 2.45. The first-order valence-electron chi connectivity index (χ1n) is 8.69. The van der Waals surface area contributed by atoms with E-state index >= 15 is 0 Å². The summed E-state index contributed by atoms with van der Waals surface area (Å²) in [4.78, 5) is 30.2. The lowest BCUT2D eigenvalue weighted by atomic mass is 10.0. The number of anilines is 1. The molecule has 0 aliphatic carbocycles. The van der Waals surface area contributed by atoms with E-state index in [-0.39, 0.29) is 11.5 Å². The van der Waals surface area contributed by atoms with Gasteiger partial charge in [0.1, 0.15) is 5.75 Å². The van der Waals surface area contributed by atoms with E-state index in [2.05, 4.69) is 10.1 Å². The molecule has 1 aliphatic rings. The Labute approximate surface area is 166 Å². The van der Waals surface area contributed by atoms with Crippen molar-refractivity contribution in [3.8, 4) is 17.0 Å². The van der Waals surface area contributed by atoms with Crippen LogP contribution < -0.4 is 19.9 Å². The minimum atomic E-state index is -0.647. The average molecular weight is 395 g/mol. The van der Waals surface area contributed by atoms with Crippen molar-refractivity contribution in [2.45, 2.75) is 18.2 Å². The van der Waals surface area contributed by atoms with Crippen LogP contribution in [0.5, 0.6) is 5.75 Å². The van der Waals surface area contributed by atoms with Gasteiger partial charge in [-0.05, 0) is 35.2 Å². The van der Waals surface area contributed by atoms with Crippen molar-refractivity contribution >= 4 is 23.4 Å². The highest BCUT2D eigenvalue weighted by atomic mass is 32.2. The average Bonchev–Trinajstić information content (AvgIpc) is 2.72. The van der Waals surface area contributed by atoms with E-state index in [9.17, 15) is 9.59 Å². The van der Waals surface area contributed by atoms with Crippen LogP contribution in [0, 0.1) is 0 Å². The van der Waals surface area contributed by atoms with Gasteiger partial charge in [-0.2, -0.15) is 0 Å². The maximum absolute atomic E-state index is 12.9.